The second kappa shape index (κ2) is 8.14. The zero-order chi connectivity index (χ0) is 19.5. The number of rotatable bonds is 6. The Morgan fingerprint density at radius 1 is 0.759 bits per heavy atom. The molecule has 0 radical (unpaired) electrons. The molecule has 1 aliphatic rings. The summed E-state index contributed by atoms with van der Waals surface area (Å²) in [6.45, 7) is 4.12. The van der Waals surface area contributed by atoms with E-state index in [1.807, 2.05) is 18.2 Å². The molecule has 1 fully saturated rings. The van der Waals surface area contributed by atoms with Crippen LogP contribution in [-0.4, -0.2) is 22.6 Å². The van der Waals surface area contributed by atoms with Crippen molar-refractivity contribution in [3.8, 4) is 11.4 Å². The summed E-state index contributed by atoms with van der Waals surface area (Å²) in [6, 6.07) is 27.7. The topological polar surface area (TPSA) is 17.4 Å². The van der Waals surface area contributed by atoms with Crippen molar-refractivity contribution in [2.75, 3.05) is 13.1 Å². The molecular formula is C26H26N2O. The van der Waals surface area contributed by atoms with Crippen LogP contribution in [0.25, 0.3) is 16.6 Å². The van der Waals surface area contributed by atoms with Gasteiger partial charge in [0, 0.05) is 23.8 Å². The van der Waals surface area contributed by atoms with E-state index in [-0.39, 0.29) is 0 Å². The highest BCUT2D eigenvalue weighted by molar-refractivity contribution is 5.83. The minimum atomic E-state index is 0.589. The molecule has 3 nitrogen and oxygen atoms in total. The average molecular weight is 383 g/mol. The zero-order valence-electron chi connectivity index (χ0n) is 16.6. The first kappa shape index (κ1) is 18.0. The maximum absolute atomic E-state index is 5.98. The van der Waals surface area contributed by atoms with Gasteiger partial charge in [-0.25, -0.2) is 0 Å². The van der Waals surface area contributed by atoms with E-state index in [0.29, 0.717) is 6.61 Å². The molecule has 0 spiro atoms. The summed E-state index contributed by atoms with van der Waals surface area (Å²) in [4.78, 5) is 2.54. The fourth-order valence-corrected chi connectivity index (χ4v) is 4.14. The normalized spacial score (nSPS) is 14.5. The second-order valence-electron chi connectivity index (χ2n) is 7.83. The first-order valence-corrected chi connectivity index (χ1v) is 10.4. The number of likely N-dealkylation sites (tertiary alicyclic amines) is 1. The Bertz CT molecular complexity index is 1080. The summed E-state index contributed by atoms with van der Waals surface area (Å²) in [5.41, 5.74) is 4.97. The number of fused-ring (bicyclic) bond motifs is 1. The Balaban J connectivity index is 1.31. The van der Waals surface area contributed by atoms with Gasteiger partial charge >= 0.3 is 0 Å². The van der Waals surface area contributed by atoms with Gasteiger partial charge in [0.1, 0.15) is 12.4 Å². The van der Waals surface area contributed by atoms with Crippen LogP contribution in [0.4, 0.5) is 0 Å². The summed E-state index contributed by atoms with van der Waals surface area (Å²) >= 11 is 0. The van der Waals surface area contributed by atoms with Gasteiger partial charge in [-0.3, -0.25) is 4.90 Å². The molecule has 0 aliphatic carbocycles. The van der Waals surface area contributed by atoms with Gasteiger partial charge in [0.2, 0.25) is 0 Å². The highest BCUT2D eigenvalue weighted by Gasteiger charge is 2.12. The average Bonchev–Trinajstić information content (AvgIpc) is 3.43. The van der Waals surface area contributed by atoms with E-state index in [1.165, 1.54) is 53.6 Å². The van der Waals surface area contributed by atoms with Gasteiger partial charge in [0.25, 0.3) is 0 Å². The van der Waals surface area contributed by atoms with E-state index in [2.05, 4.69) is 76.3 Å². The number of nitrogens with zero attached hydrogens (tertiary/aromatic N) is 2. The number of benzene rings is 3. The van der Waals surface area contributed by atoms with E-state index in [1.54, 1.807) is 0 Å². The van der Waals surface area contributed by atoms with Crippen molar-refractivity contribution in [1.82, 2.24) is 9.47 Å². The van der Waals surface area contributed by atoms with Crippen LogP contribution in [0.2, 0.25) is 0 Å². The lowest BCUT2D eigenvalue weighted by Gasteiger charge is -2.15. The van der Waals surface area contributed by atoms with Gasteiger partial charge in [-0.15, -0.1) is 0 Å². The van der Waals surface area contributed by atoms with E-state index in [0.717, 1.165) is 12.3 Å². The highest BCUT2D eigenvalue weighted by atomic mass is 16.5. The third-order valence-electron chi connectivity index (χ3n) is 5.73. The molecule has 0 bridgehead atoms. The molecule has 0 saturated carbocycles. The zero-order valence-corrected chi connectivity index (χ0v) is 16.6. The molecule has 0 N–H and O–H groups in total. The van der Waals surface area contributed by atoms with E-state index in [9.17, 15) is 0 Å². The van der Waals surface area contributed by atoms with Gasteiger partial charge < -0.3 is 9.30 Å². The third-order valence-corrected chi connectivity index (χ3v) is 5.73. The molecule has 1 aromatic heterocycles. The predicted octanol–water partition coefficient (Wildman–Crippen LogP) is 5.81. The molecule has 146 valence electrons. The van der Waals surface area contributed by atoms with Crippen molar-refractivity contribution in [2.24, 2.45) is 0 Å². The van der Waals surface area contributed by atoms with Crippen molar-refractivity contribution >= 4 is 10.9 Å². The summed E-state index contributed by atoms with van der Waals surface area (Å²) in [5.74, 6) is 0.903. The minimum absolute atomic E-state index is 0.589. The van der Waals surface area contributed by atoms with Crippen molar-refractivity contribution in [2.45, 2.75) is 26.0 Å². The Labute approximate surface area is 172 Å². The second-order valence-corrected chi connectivity index (χ2v) is 7.83. The Morgan fingerprint density at radius 3 is 2.34 bits per heavy atom. The first-order valence-electron chi connectivity index (χ1n) is 10.4. The molecule has 5 rings (SSSR count). The van der Waals surface area contributed by atoms with Crippen LogP contribution in [0.15, 0.2) is 85.1 Å². The molecule has 4 aromatic rings. The van der Waals surface area contributed by atoms with Crippen LogP contribution in [0.1, 0.15) is 24.0 Å². The lowest BCUT2D eigenvalue weighted by molar-refractivity contribution is 0.306. The molecule has 3 aromatic carbocycles. The smallest absolute Gasteiger partial charge is 0.120 e. The highest BCUT2D eigenvalue weighted by Crippen LogP contribution is 2.26. The van der Waals surface area contributed by atoms with E-state index in [4.69, 9.17) is 4.74 Å². The molecule has 3 heteroatoms. The molecular weight excluding hydrogens is 356 g/mol. The van der Waals surface area contributed by atoms with Gasteiger partial charge in [0.15, 0.2) is 0 Å². The van der Waals surface area contributed by atoms with Crippen LogP contribution >= 0.6 is 0 Å². The summed E-state index contributed by atoms with van der Waals surface area (Å²) < 4.78 is 8.23. The molecule has 1 aliphatic heterocycles. The van der Waals surface area contributed by atoms with E-state index < -0.39 is 0 Å². The summed E-state index contributed by atoms with van der Waals surface area (Å²) in [5, 5.41) is 1.19. The number of hydrogen-bond donors (Lipinski definition) is 0. The van der Waals surface area contributed by atoms with Gasteiger partial charge in [0.05, 0.1) is 5.52 Å². The molecule has 0 unspecified atom stereocenters. The predicted molar refractivity (Wildman–Crippen MR) is 119 cm³/mol. The summed E-state index contributed by atoms with van der Waals surface area (Å²) in [7, 11) is 0. The van der Waals surface area contributed by atoms with Gasteiger partial charge in [-0.1, -0.05) is 42.5 Å². The van der Waals surface area contributed by atoms with Crippen molar-refractivity contribution in [3.05, 3.63) is 96.2 Å². The Hall–Kier alpha value is -3.04. The lowest BCUT2D eigenvalue weighted by Crippen LogP contribution is -2.18. The number of ether oxygens (including phenoxy) is 1. The quantitative estimate of drug-likeness (QED) is 0.419. The van der Waals surface area contributed by atoms with Crippen LogP contribution < -0.4 is 4.74 Å². The van der Waals surface area contributed by atoms with Crippen LogP contribution in [-0.2, 0) is 13.2 Å². The lowest BCUT2D eigenvalue weighted by atomic mass is 10.2. The fourth-order valence-electron chi connectivity index (χ4n) is 4.14. The third kappa shape index (κ3) is 4.06. The number of hydrogen-bond acceptors (Lipinski definition) is 2. The van der Waals surface area contributed by atoms with Crippen LogP contribution in [0, 0.1) is 0 Å². The maximum Gasteiger partial charge on any atom is 0.120 e. The van der Waals surface area contributed by atoms with Crippen LogP contribution in [0.3, 0.4) is 0 Å². The minimum Gasteiger partial charge on any atom is -0.489 e. The summed E-state index contributed by atoms with van der Waals surface area (Å²) in [6.07, 6.45) is 4.82. The molecule has 29 heavy (non-hydrogen) atoms. The first-order chi connectivity index (χ1) is 14.3. The standard InChI is InChI=1S/C26H26N2O/c1-2-6-22(7-3-1)20-29-25-12-13-26-23(18-25)14-17-28(26)24-10-8-21(9-11-24)19-27-15-4-5-16-27/h1-3,6-14,17-18H,4-5,15-16,19-20H2. The van der Waals surface area contributed by atoms with Crippen molar-refractivity contribution < 1.29 is 4.74 Å². The Kier molecular flexibility index (Phi) is 5.06. The number of aromatic nitrogens is 1. The monoisotopic (exact) mass is 382 g/mol. The van der Waals surface area contributed by atoms with Crippen molar-refractivity contribution in [1.29, 1.82) is 0 Å². The molecule has 0 atom stereocenters. The van der Waals surface area contributed by atoms with Crippen LogP contribution in [0.5, 0.6) is 5.75 Å². The molecule has 2 heterocycles. The molecule has 1 saturated heterocycles. The largest absolute Gasteiger partial charge is 0.489 e. The SMILES string of the molecule is c1ccc(COc2ccc3c(ccn3-c3ccc(CN4CCCC4)cc3)c2)cc1. The van der Waals surface area contributed by atoms with Crippen molar-refractivity contribution in [3.63, 3.8) is 0 Å². The Morgan fingerprint density at radius 2 is 1.55 bits per heavy atom. The molecule has 0 amide bonds. The van der Waals surface area contributed by atoms with Gasteiger partial charge in [-0.05, 0) is 73.5 Å². The van der Waals surface area contributed by atoms with Gasteiger partial charge in [-0.2, -0.15) is 0 Å². The fraction of sp³-hybridized carbons (Fsp3) is 0.231. The maximum atomic E-state index is 5.98. The van der Waals surface area contributed by atoms with E-state index >= 15 is 0 Å².